The molecular weight excluding hydrogens is 257 g/mol. The van der Waals surface area contributed by atoms with E-state index < -0.39 is 17.3 Å². The largest absolute Gasteiger partial charge is 0.416 e. The maximum absolute atomic E-state index is 12.7. The Morgan fingerprint density at radius 3 is 2.42 bits per heavy atom. The van der Waals surface area contributed by atoms with Crippen LogP contribution in [0, 0.1) is 0 Å². The van der Waals surface area contributed by atoms with Crippen molar-refractivity contribution in [3.63, 3.8) is 0 Å². The van der Waals surface area contributed by atoms with Crippen molar-refractivity contribution in [3.05, 3.63) is 35.4 Å². The van der Waals surface area contributed by atoms with Gasteiger partial charge in [-0.15, -0.1) is 0 Å². The molecular formula is C14H17F3O2. The molecule has 1 saturated carbocycles. The van der Waals surface area contributed by atoms with Gasteiger partial charge in [0, 0.05) is 7.11 Å². The number of hydrogen-bond donors (Lipinski definition) is 1. The van der Waals surface area contributed by atoms with Gasteiger partial charge in [0.25, 0.3) is 0 Å². The number of halogens is 3. The Labute approximate surface area is 110 Å². The van der Waals surface area contributed by atoms with Crippen molar-refractivity contribution in [2.24, 2.45) is 0 Å². The SMILES string of the molecule is COC1CCC(O)(c2cccc(C(F)(F)F)c2)CC1. The van der Waals surface area contributed by atoms with Crippen molar-refractivity contribution in [1.82, 2.24) is 0 Å². The molecule has 0 spiro atoms. The topological polar surface area (TPSA) is 29.5 Å². The van der Waals surface area contributed by atoms with E-state index in [4.69, 9.17) is 4.74 Å². The lowest BCUT2D eigenvalue weighted by Gasteiger charge is -2.36. The zero-order valence-corrected chi connectivity index (χ0v) is 10.7. The van der Waals surface area contributed by atoms with E-state index in [1.165, 1.54) is 6.07 Å². The van der Waals surface area contributed by atoms with Gasteiger partial charge < -0.3 is 9.84 Å². The van der Waals surface area contributed by atoms with Gasteiger partial charge in [-0.2, -0.15) is 13.2 Å². The maximum atomic E-state index is 12.7. The summed E-state index contributed by atoms with van der Waals surface area (Å²) < 4.78 is 43.2. The van der Waals surface area contributed by atoms with E-state index in [0.29, 0.717) is 31.2 Å². The van der Waals surface area contributed by atoms with Crippen molar-refractivity contribution in [3.8, 4) is 0 Å². The number of rotatable bonds is 2. The molecule has 1 aromatic rings. The van der Waals surface area contributed by atoms with Gasteiger partial charge in [-0.05, 0) is 43.4 Å². The zero-order valence-electron chi connectivity index (χ0n) is 10.7. The van der Waals surface area contributed by atoms with Gasteiger partial charge in [-0.25, -0.2) is 0 Å². The molecule has 0 aliphatic heterocycles. The average molecular weight is 274 g/mol. The molecule has 0 radical (unpaired) electrons. The molecule has 1 aliphatic carbocycles. The third kappa shape index (κ3) is 3.09. The predicted molar refractivity (Wildman–Crippen MR) is 64.6 cm³/mol. The second-order valence-electron chi connectivity index (χ2n) is 5.05. The number of hydrogen-bond acceptors (Lipinski definition) is 2. The number of methoxy groups -OCH3 is 1. The van der Waals surface area contributed by atoms with E-state index in [1.54, 1.807) is 13.2 Å². The Morgan fingerprint density at radius 2 is 1.89 bits per heavy atom. The number of aliphatic hydroxyl groups is 1. The van der Waals surface area contributed by atoms with Gasteiger partial charge in [0.1, 0.15) is 0 Å². The molecule has 1 N–H and O–H groups in total. The highest BCUT2D eigenvalue weighted by Crippen LogP contribution is 2.39. The summed E-state index contributed by atoms with van der Waals surface area (Å²) in [7, 11) is 1.61. The first-order valence-corrected chi connectivity index (χ1v) is 6.28. The summed E-state index contributed by atoms with van der Waals surface area (Å²) in [5, 5.41) is 10.5. The van der Waals surface area contributed by atoms with Crippen LogP contribution in [-0.4, -0.2) is 18.3 Å². The van der Waals surface area contributed by atoms with Gasteiger partial charge in [0.2, 0.25) is 0 Å². The maximum Gasteiger partial charge on any atom is 0.416 e. The molecule has 0 heterocycles. The van der Waals surface area contributed by atoms with Gasteiger partial charge in [0.05, 0.1) is 17.3 Å². The normalized spacial score (nSPS) is 28.4. The lowest BCUT2D eigenvalue weighted by atomic mass is 9.78. The van der Waals surface area contributed by atoms with Crippen molar-refractivity contribution in [1.29, 1.82) is 0 Å². The Bertz CT molecular complexity index is 435. The third-order valence-electron chi connectivity index (χ3n) is 3.82. The molecule has 0 amide bonds. The van der Waals surface area contributed by atoms with Crippen molar-refractivity contribution in [2.45, 2.75) is 43.6 Å². The number of benzene rings is 1. The summed E-state index contributed by atoms with van der Waals surface area (Å²) in [4.78, 5) is 0. The second-order valence-corrected chi connectivity index (χ2v) is 5.05. The Hall–Kier alpha value is -1.07. The molecule has 0 unspecified atom stereocenters. The van der Waals surface area contributed by atoms with Crippen LogP contribution in [0.3, 0.4) is 0 Å². The summed E-state index contributed by atoms with van der Waals surface area (Å²) in [5.74, 6) is 0. The fourth-order valence-corrected chi connectivity index (χ4v) is 2.58. The summed E-state index contributed by atoms with van der Waals surface area (Å²) >= 11 is 0. The quantitative estimate of drug-likeness (QED) is 0.894. The highest BCUT2D eigenvalue weighted by molar-refractivity contribution is 5.30. The smallest absolute Gasteiger partial charge is 0.385 e. The van der Waals surface area contributed by atoms with Crippen LogP contribution in [-0.2, 0) is 16.5 Å². The molecule has 1 aliphatic rings. The minimum absolute atomic E-state index is 0.0890. The standard InChI is InChI=1S/C14H17F3O2/c1-19-12-5-7-13(18,8-6-12)10-3-2-4-11(9-10)14(15,16)17/h2-4,9,12,18H,5-8H2,1H3. The van der Waals surface area contributed by atoms with Crippen LogP contribution in [0.1, 0.15) is 36.8 Å². The van der Waals surface area contributed by atoms with E-state index in [-0.39, 0.29) is 6.10 Å². The third-order valence-corrected chi connectivity index (χ3v) is 3.82. The molecule has 5 heteroatoms. The van der Waals surface area contributed by atoms with Crippen molar-refractivity contribution in [2.75, 3.05) is 7.11 Å². The van der Waals surface area contributed by atoms with Gasteiger partial charge in [-0.1, -0.05) is 12.1 Å². The molecule has 2 rings (SSSR count). The van der Waals surface area contributed by atoms with Gasteiger partial charge in [0.15, 0.2) is 0 Å². The zero-order chi connectivity index (χ0) is 14.1. The van der Waals surface area contributed by atoms with Crippen LogP contribution in [0.25, 0.3) is 0 Å². The molecule has 1 fully saturated rings. The van der Waals surface area contributed by atoms with Crippen molar-refractivity contribution < 1.29 is 23.0 Å². The van der Waals surface area contributed by atoms with Gasteiger partial charge in [-0.3, -0.25) is 0 Å². The highest BCUT2D eigenvalue weighted by atomic mass is 19.4. The molecule has 106 valence electrons. The Kier molecular flexibility index (Phi) is 3.87. The van der Waals surface area contributed by atoms with E-state index >= 15 is 0 Å². The van der Waals surface area contributed by atoms with Crippen LogP contribution in [0.5, 0.6) is 0 Å². The molecule has 0 aromatic heterocycles. The van der Waals surface area contributed by atoms with E-state index in [1.807, 2.05) is 0 Å². The van der Waals surface area contributed by atoms with Crippen LogP contribution in [0.4, 0.5) is 13.2 Å². The summed E-state index contributed by atoms with van der Waals surface area (Å²) in [6, 6.07) is 4.97. The van der Waals surface area contributed by atoms with Crippen LogP contribution in [0.15, 0.2) is 24.3 Å². The summed E-state index contributed by atoms with van der Waals surface area (Å²) in [5.41, 5.74) is -1.54. The van der Waals surface area contributed by atoms with Crippen LogP contribution >= 0.6 is 0 Å². The minimum atomic E-state index is -4.38. The van der Waals surface area contributed by atoms with Gasteiger partial charge >= 0.3 is 6.18 Å². The van der Waals surface area contributed by atoms with E-state index in [0.717, 1.165) is 12.1 Å². The Morgan fingerprint density at radius 1 is 1.26 bits per heavy atom. The fraction of sp³-hybridized carbons (Fsp3) is 0.571. The number of ether oxygens (including phenoxy) is 1. The monoisotopic (exact) mass is 274 g/mol. The van der Waals surface area contributed by atoms with E-state index in [2.05, 4.69) is 0 Å². The molecule has 0 bridgehead atoms. The molecule has 0 atom stereocenters. The van der Waals surface area contributed by atoms with E-state index in [9.17, 15) is 18.3 Å². The first-order chi connectivity index (χ1) is 8.85. The minimum Gasteiger partial charge on any atom is -0.385 e. The fourth-order valence-electron chi connectivity index (χ4n) is 2.58. The van der Waals surface area contributed by atoms with Crippen LogP contribution < -0.4 is 0 Å². The first kappa shape index (κ1) is 14.3. The average Bonchev–Trinajstić information content (AvgIpc) is 2.39. The predicted octanol–water partition coefficient (Wildman–Crippen LogP) is 3.48. The first-order valence-electron chi connectivity index (χ1n) is 6.28. The molecule has 0 saturated heterocycles. The summed E-state index contributed by atoms with van der Waals surface area (Å²) in [6.07, 6.45) is -2.13. The highest BCUT2D eigenvalue weighted by Gasteiger charge is 2.37. The second kappa shape index (κ2) is 5.13. The lowest BCUT2D eigenvalue weighted by Crippen LogP contribution is -2.34. The lowest BCUT2D eigenvalue weighted by molar-refractivity contribution is -0.137. The van der Waals surface area contributed by atoms with Crippen molar-refractivity contribution >= 4 is 0 Å². The molecule has 19 heavy (non-hydrogen) atoms. The Balaban J connectivity index is 2.22. The summed E-state index contributed by atoms with van der Waals surface area (Å²) in [6.45, 7) is 0. The molecule has 1 aromatic carbocycles. The number of alkyl halides is 3. The van der Waals surface area contributed by atoms with Crippen LogP contribution in [0.2, 0.25) is 0 Å². The molecule has 2 nitrogen and oxygen atoms in total.